The zero-order chi connectivity index (χ0) is 35.6. The summed E-state index contributed by atoms with van der Waals surface area (Å²) in [6, 6.07) is 3.89. The van der Waals surface area contributed by atoms with Crippen molar-refractivity contribution in [3.63, 3.8) is 0 Å². The number of esters is 1. The average molecular weight is 705 g/mol. The van der Waals surface area contributed by atoms with E-state index in [2.05, 4.69) is 15.4 Å². The topological polar surface area (TPSA) is 196 Å². The molecular weight excluding hydrogens is 660 g/mol. The van der Waals surface area contributed by atoms with Gasteiger partial charge in [0.2, 0.25) is 21.8 Å². The van der Waals surface area contributed by atoms with Crippen LogP contribution >= 0.6 is 0 Å². The lowest BCUT2D eigenvalue weighted by atomic mass is 10.1. The molecule has 2 heterocycles. The lowest BCUT2D eigenvalue weighted by molar-refractivity contribution is -0.141. The Bertz CT molecular complexity index is 1590. The molecule has 49 heavy (non-hydrogen) atoms. The van der Waals surface area contributed by atoms with Gasteiger partial charge >= 0.3 is 12.1 Å². The maximum absolute atomic E-state index is 14.2. The number of methoxy groups -OCH3 is 1. The van der Waals surface area contributed by atoms with Gasteiger partial charge in [-0.3, -0.25) is 19.1 Å². The predicted molar refractivity (Wildman–Crippen MR) is 174 cm³/mol. The number of sulfonamides is 1. The number of hydrogen-bond acceptors (Lipinski definition) is 11. The second-order valence-corrected chi connectivity index (χ2v) is 15.7. The van der Waals surface area contributed by atoms with E-state index in [9.17, 15) is 32.4 Å². The van der Waals surface area contributed by atoms with E-state index in [0.29, 0.717) is 25.0 Å². The van der Waals surface area contributed by atoms with Crippen LogP contribution in [-0.4, -0.2) is 105 Å². The quantitative estimate of drug-likeness (QED) is 0.275. The lowest BCUT2D eigenvalue weighted by Crippen LogP contribution is -2.58. The first-order chi connectivity index (χ1) is 23.1. The van der Waals surface area contributed by atoms with Crippen LogP contribution in [0.4, 0.5) is 4.79 Å². The molecule has 2 saturated carbocycles. The molecular formula is C33H44N4O11S. The number of nitrogens with zero attached hydrogens (tertiary/aromatic N) is 1. The molecule has 1 aromatic rings. The van der Waals surface area contributed by atoms with Crippen LogP contribution in [0.5, 0.6) is 5.75 Å². The number of carbonyl (C=O) groups excluding carboxylic acids is 5. The normalized spacial score (nSPS) is 27.7. The van der Waals surface area contributed by atoms with Crippen molar-refractivity contribution in [2.45, 2.75) is 93.9 Å². The maximum atomic E-state index is 14.2. The number of hydrogen-bond donors (Lipinski definition) is 3. The molecule has 0 spiro atoms. The monoisotopic (exact) mass is 704 g/mol. The molecule has 15 nitrogen and oxygen atoms in total. The smallest absolute Gasteiger partial charge is 0.408 e. The van der Waals surface area contributed by atoms with Gasteiger partial charge in [0, 0.05) is 18.9 Å². The molecule has 5 unspecified atom stereocenters. The molecule has 268 valence electrons. The summed E-state index contributed by atoms with van der Waals surface area (Å²) in [6.45, 7) is 5.28. The van der Waals surface area contributed by atoms with Crippen LogP contribution in [0.1, 0.15) is 69.7 Å². The summed E-state index contributed by atoms with van der Waals surface area (Å²) in [6.07, 6.45) is 3.06. The molecule has 0 radical (unpaired) electrons. The van der Waals surface area contributed by atoms with Crippen molar-refractivity contribution in [3.8, 4) is 5.75 Å². The first kappa shape index (κ1) is 36.1. The van der Waals surface area contributed by atoms with Gasteiger partial charge in [0.1, 0.15) is 35.1 Å². The van der Waals surface area contributed by atoms with Gasteiger partial charge in [0.25, 0.3) is 5.91 Å². The zero-order valence-corrected chi connectivity index (χ0v) is 28.9. The molecule has 1 aromatic carbocycles. The molecule has 5 rings (SSSR count). The number of fused-ring (bicyclic) bond motifs is 2. The Hall–Kier alpha value is -4.18. The third kappa shape index (κ3) is 8.90. The van der Waals surface area contributed by atoms with E-state index in [-0.39, 0.29) is 44.6 Å². The van der Waals surface area contributed by atoms with E-state index in [1.807, 2.05) is 0 Å². The van der Waals surface area contributed by atoms with Crippen molar-refractivity contribution in [2.24, 2.45) is 5.92 Å². The van der Waals surface area contributed by atoms with Crippen LogP contribution in [0.25, 0.3) is 0 Å². The van der Waals surface area contributed by atoms with E-state index in [0.717, 1.165) is 0 Å². The molecule has 2 aliphatic carbocycles. The molecule has 4 amide bonds. The second kappa shape index (κ2) is 14.4. The third-order valence-corrected chi connectivity index (χ3v) is 10.6. The molecule has 0 bridgehead atoms. The highest BCUT2D eigenvalue weighted by atomic mass is 32.2. The standard InChI is InChI=1S/C33H44N4O11S/c1-32(2,3)48-31(42)34-25-8-6-16-46-15-5-7-21-18-33(21,30(41)36-49(43,44)24-13-14-24)35-27(38)26-17-23(19-37(26)28(25)39)47-29(40)20-9-11-22(45-4)12-10-20/h5,7,9-12,21,23-26H,6,8,13-19H2,1-4H3,(H,34,42)(H,35,38)(H,36,41). The van der Waals surface area contributed by atoms with E-state index >= 15 is 0 Å². The molecule has 16 heteroatoms. The maximum Gasteiger partial charge on any atom is 0.408 e. The van der Waals surface area contributed by atoms with Gasteiger partial charge in [-0.15, -0.1) is 0 Å². The number of ether oxygens (including phenoxy) is 4. The summed E-state index contributed by atoms with van der Waals surface area (Å²) in [4.78, 5) is 68.9. The number of carbonyl (C=O) groups is 5. The van der Waals surface area contributed by atoms with Gasteiger partial charge in [0.15, 0.2) is 0 Å². The summed E-state index contributed by atoms with van der Waals surface area (Å²) in [5.41, 5.74) is -2.20. The van der Waals surface area contributed by atoms with Crippen LogP contribution in [0.3, 0.4) is 0 Å². The van der Waals surface area contributed by atoms with E-state index in [1.54, 1.807) is 45.1 Å². The molecule has 2 aliphatic heterocycles. The first-order valence-electron chi connectivity index (χ1n) is 16.4. The van der Waals surface area contributed by atoms with Gasteiger partial charge in [0.05, 0.1) is 31.1 Å². The molecule has 3 N–H and O–H groups in total. The predicted octanol–water partition coefficient (Wildman–Crippen LogP) is 1.56. The number of alkyl carbamates (subject to hydrolysis) is 1. The van der Waals surface area contributed by atoms with Crippen LogP contribution in [0.15, 0.2) is 36.4 Å². The third-order valence-electron chi connectivity index (χ3n) is 8.77. The Balaban J connectivity index is 1.42. The molecule has 3 fully saturated rings. The van der Waals surface area contributed by atoms with E-state index in [4.69, 9.17) is 18.9 Å². The zero-order valence-electron chi connectivity index (χ0n) is 28.1. The van der Waals surface area contributed by atoms with Crippen molar-refractivity contribution < 1.29 is 51.3 Å². The highest BCUT2D eigenvalue weighted by Gasteiger charge is 2.62. The molecule has 5 atom stereocenters. The molecule has 4 aliphatic rings. The highest BCUT2D eigenvalue weighted by molar-refractivity contribution is 7.91. The lowest BCUT2D eigenvalue weighted by Gasteiger charge is -2.30. The number of rotatable bonds is 7. The van der Waals surface area contributed by atoms with Crippen LogP contribution in [-0.2, 0) is 38.6 Å². The van der Waals surface area contributed by atoms with E-state index in [1.165, 1.54) is 24.1 Å². The second-order valence-electron chi connectivity index (χ2n) is 13.8. The van der Waals surface area contributed by atoms with Crippen LogP contribution in [0, 0.1) is 5.92 Å². The minimum Gasteiger partial charge on any atom is -0.497 e. The van der Waals surface area contributed by atoms with Gasteiger partial charge in [-0.25, -0.2) is 18.0 Å². The fourth-order valence-corrected chi connectivity index (χ4v) is 7.32. The van der Waals surface area contributed by atoms with Gasteiger partial charge in [-0.1, -0.05) is 12.2 Å². The van der Waals surface area contributed by atoms with E-state index < -0.39 is 80.3 Å². The van der Waals surface area contributed by atoms with Crippen LogP contribution in [0.2, 0.25) is 0 Å². The number of amides is 4. The van der Waals surface area contributed by atoms with Gasteiger partial charge in [-0.2, -0.15) is 0 Å². The van der Waals surface area contributed by atoms with Crippen molar-refractivity contribution in [2.75, 3.05) is 26.9 Å². The minimum absolute atomic E-state index is 0.111. The Morgan fingerprint density at radius 3 is 2.45 bits per heavy atom. The van der Waals surface area contributed by atoms with Gasteiger partial charge < -0.3 is 34.5 Å². The summed E-state index contributed by atoms with van der Waals surface area (Å²) < 4.78 is 49.5. The Morgan fingerprint density at radius 2 is 1.80 bits per heavy atom. The Morgan fingerprint density at radius 1 is 1.08 bits per heavy atom. The summed E-state index contributed by atoms with van der Waals surface area (Å²) >= 11 is 0. The van der Waals surface area contributed by atoms with Gasteiger partial charge in [-0.05, 0) is 77.1 Å². The minimum atomic E-state index is -3.92. The highest BCUT2D eigenvalue weighted by Crippen LogP contribution is 2.46. The molecule has 0 aromatic heterocycles. The summed E-state index contributed by atoms with van der Waals surface area (Å²) in [5.74, 6) is -2.89. The van der Waals surface area contributed by atoms with Crippen LogP contribution < -0.4 is 20.1 Å². The average Bonchev–Trinajstić information content (AvgIpc) is 3.95. The first-order valence-corrected chi connectivity index (χ1v) is 17.9. The van der Waals surface area contributed by atoms with Crippen molar-refractivity contribution in [1.82, 2.24) is 20.3 Å². The van der Waals surface area contributed by atoms with Crippen molar-refractivity contribution in [1.29, 1.82) is 0 Å². The SMILES string of the molecule is COc1ccc(C(=O)OC2CC3C(=O)NC4(C(=O)NS(=O)(=O)C5CC5)CC4C=CCOCCCC(NC(=O)OC(C)(C)C)C(=O)N3C2)cc1. The summed E-state index contributed by atoms with van der Waals surface area (Å²) in [7, 11) is -2.43. The molecule has 1 saturated heterocycles. The fraction of sp³-hybridized carbons (Fsp3) is 0.606. The fourth-order valence-electron chi connectivity index (χ4n) is 5.96. The van der Waals surface area contributed by atoms with Crippen molar-refractivity contribution >= 4 is 39.8 Å². The largest absolute Gasteiger partial charge is 0.497 e. The van der Waals surface area contributed by atoms with Crippen molar-refractivity contribution in [3.05, 3.63) is 42.0 Å². The number of nitrogens with one attached hydrogen (secondary N) is 3. The number of benzene rings is 1. The summed E-state index contributed by atoms with van der Waals surface area (Å²) in [5, 5.41) is 4.70. The Kier molecular flexibility index (Phi) is 10.6. The Labute approximate surface area is 285 Å².